The van der Waals surface area contributed by atoms with E-state index in [1.54, 1.807) is 13.8 Å². The highest BCUT2D eigenvalue weighted by molar-refractivity contribution is 4.82. The first kappa shape index (κ1) is 10.3. The fourth-order valence-electron chi connectivity index (χ4n) is 1.20. The monoisotopic (exact) mass is 187 g/mol. The summed E-state index contributed by atoms with van der Waals surface area (Å²) in [5.74, 6) is -0.650. The van der Waals surface area contributed by atoms with Crippen molar-refractivity contribution in [2.24, 2.45) is 5.11 Å². The normalized spacial score (nSPS) is 28.1. The van der Waals surface area contributed by atoms with Crippen LogP contribution in [0.15, 0.2) is 5.11 Å². The average Bonchev–Trinajstić information content (AvgIpc) is 2.42. The lowest BCUT2D eigenvalue weighted by Crippen LogP contribution is -2.31. The Morgan fingerprint density at radius 1 is 1.77 bits per heavy atom. The first-order valence-corrected chi connectivity index (χ1v) is 4.06. The Kier molecular flexibility index (Phi) is 3.11. The van der Waals surface area contributed by atoms with Crippen LogP contribution in [0, 0.1) is 0 Å². The summed E-state index contributed by atoms with van der Waals surface area (Å²) in [7, 11) is 0. The van der Waals surface area contributed by atoms with Gasteiger partial charge >= 0.3 is 0 Å². The summed E-state index contributed by atoms with van der Waals surface area (Å²) in [5.41, 5.74) is 8.21. The van der Waals surface area contributed by atoms with Gasteiger partial charge in [0, 0.05) is 4.91 Å². The van der Waals surface area contributed by atoms with Crippen LogP contribution in [0.2, 0.25) is 0 Å². The molecule has 6 heteroatoms. The maximum absolute atomic E-state index is 8.89. The fourth-order valence-corrected chi connectivity index (χ4v) is 1.20. The molecule has 2 atom stereocenters. The lowest BCUT2D eigenvalue weighted by atomic mass is 10.2. The van der Waals surface area contributed by atoms with Crippen LogP contribution in [-0.2, 0) is 9.47 Å². The molecule has 13 heavy (non-hydrogen) atoms. The minimum atomic E-state index is -0.650. The van der Waals surface area contributed by atoms with Gasteiger partial charge in [-0.25, -0.2) is 0 Å². The van der Waals surface area contributed by atoms with Crippen LogP contribution in [0.25, 0.3) is 10.4 Å². The van der Waals surface area contributed by atoms with E-state index in [9.17, 15) is 0 Å². The van der Waals surface area contributed by atoms with E-state index >= 15 is 0 Å². The van der Waals surface area contributed by atoms with Gasteiger partial charge in [0.15, 0.2) is 5.79 Å². The third-order valence-electron chi connectivity index (χ3n) is 1.85. The molecule has 1 fully saturated rings. The van der Waals surface area contributed by atoms with E-state index in [0.717, 1.165) is 0 Å². The molecular formula is C7H13N3O3. The number of ether oxygens (including phenoxy) is 2. The number of azide groups is 1. The highest BCUT2D eigenvalue weighted by atomic mass is 16.7. The molecule has 1 aliphatic heterocycles. The van der Waals surface area contributed by atoms with Crippen molar-refractivity contribution < 1.29 is 14.6 Å². The second kappa shape index (κ2) is 3.93. The van der Waals surface area contributed by atoms with E-state index in [2.05, 4.69) is 10.0 Å². The molecule has 74 valence electrons. The first-order chi connectivity index (χ1) is 6.09. The number of aliphatic hydroxyl groups excluding tert-OH is 1. The van der Waals surface area contributed by atoms with Crippen LogP contribution in [-0.4, -0.2) is 36.3 Å². The number of hydrogen-bond donors (Lipinski definition) is 1. The third-order valence-corrected chi connectivity index (χ3v) is 1.85. The summed E-state index contributed by atoms with van der Waals surface area (Å²) in [6.07, 6.45) is -0.351. The molecule has 0 spiro atoms. The standard InChI is InChI=1S/C7H13N3O3/c1-7(2)12-4-6(13-7)5(3-11)9-10-8/h5-6,11H,3-4H2,1-2H3. The van der Waals surface area contributed by atoms with Gasteiger partial charge in [0.25, 0.3) is 0 Å². The maximum atomic E-state index is 8.89. The zero-order valence-corrected chi connectivity index (χ0v) is 7.67. The van der Waals surface area contributed by atoms with Crippen LogP contribution in [0.3, 0.4) is 0 Å². The molecule has 0 aromatic rings. The minimum absolute atomic E-state index is 0.228. The number of hydrogen-bond acceptors (Lipinski definition) is 4. The van der Waals surface area contributed by atoms with E-state index in [1.807, 2.05) is 0 Å². The van der Waals surface area contributed by atoms with Gasteiger partial charge in [-0.05, 0) is 19.4 Å². The quantitative estimate of drug-likeness (QED) is 0.403. The van der Waals surface area contributed by atoms with E-state index in [1.165, 1.54) is 0 Å². The molecule has 0 bridgehead atoms. The summed E-state index contributed by atoms with van der Waals surface area (Å²) in [4.78, 5) is 2.63. The summed E-state index contributed by atoms with van der Waals surface area (Å²) in [6.45, 7) is 3.67. The Hall–Kier alpha value is -0.810. The molecule has 0 saturated carbocycles. The van der Waals surface area contributed by atoms with Crippen molar-refractivity contribution in [2.75, 3.05) is 13.2 Å². The molecule has 0 aliphatic carbocycles. The van der Waals surface area contributed by atoms with Gasteiger partial charge in [-0.3, -0.25) is 0 Å². The third kappa shape index (κ3) is 2.57. The molecule has 1 rings (SSSR count). The Morgan fingerprint density at radius 3 is 2.85 bits per heavy atom. The van der Waals surface area contributed by atoms with E-state index in [4.69, 9.17) is 20.1 Å². The van der Waals surface area contributed by atoms with Crippen molar-refractivity contribution in [1.82, 2.24) is 0 Å². The molecule has 0 aromatic heterocycles. The molecular weight excluding hydrogens is 174 g/mol. The Bertz CT molecular complexity index is 225. The van der Waals surface area contributed by atoms with Gasteiger partial charge < -0.3 is 14.6 Å². The van der Waals surface area contributed by atoms with E-state index in [0.29, 0.717) is 6.61 Å². The largest absolute Gasteiger partial charge is 0.396 e. The smallest absolute Gasteiger partial charge is 0.163 e. The molecule has 1 N–H and O–H groups in total. The van der Waals surface area contributed by atoms with Gasteiger partial charge in [-0.1, -0.05) is 5.11 Å². The van der Waals surface area contributed by atoms with Crippen LogP contribution in [0.4, 0.5) is 0 Å². The van der Waals surface area contributed by atoms with Crippen molar-refractivity contribution in [3.05, 3.63) is 10.4 Å². The SMILES string of the molecule is CC1(C)OCC(C(CO)N=[N+]=[N-])O1. The first-order valence-electron chi connectivity index (χ1n) is 4.06. The van der Waals surface area contributed by atoms with Crippen molar-refractivity contribution >= 4 is 0 Å². The zero-order valence-electron chi connectivity index (χ0n) is 7.67. The molecule has 1 aliphatic rings. The van der Waals surface area contributed by atoms with Crippen LogP contribution in [0.1, 0.15) is 13.8 Å². The van der Waals surface area contributed by atoms with Gasteiger partial charge in [0.05, 0.1) is 25.4 Å². The maximum Gasteiger partial charge on any atom is 0.163 e. The minimum Gasteiger partial charge on any atom is -0.396 e. The second-order valence-corrected chi connectivity index (χ2v) is 3.32. The van der Waals surface area contributed by atoms with Crippen molar-refractivity contribution in [1.29, 1.82) is 0 Å². The Morgan fingerprint density at radius 2 is 2.46 bits per heavy atom. The van der Waals surface area contributed by atoms with Gasteiger partial charge in [-0.15, -0.1) is 0 Å². The predicted molar refractivity (Wildman–Crippen MR) is 44.9 cm³/mol. The zero-order chi connectivity index (χ0) is 9.90. The predicted octanol–water partition coefficient (Wildman–Crippen LogP) is 0.809. The number of nitrogens with zero attached hydrogens (tertiary/aromatic N) is 3. The highest BCUT2D eigenvalue weighted by Crippen LogP contribution is 2.25. The fraction of sp³-hybridized carbons (Fsp3) is 1.00. The lowest BCUT2D eigenvalue weighted by Gasteiger charge is -2.19. The van der Waals surface area contributed by atoms with Crippen LogP contribution in [0.5, 0.6) is 0 Å². The van der Waals surface area contributed by atoms with Crippen molar-refractivity contribution in [3.8, 4) is 0 Å². The van der Waals surface area contributed by atoms with E-state index < -0.39 is 11.8 Å². The Labute approximate surface area is 76.1 Å². The Balaban J connectivity index is 2.57. The van der Waals surface area contributed by atoms with Gasteiger partial charge in [-0.2, -0.15) is 0 Å². The molecule has 6 nitrogen and oxygen atoms in total. The summed E-state index contributed by atoms with van der Waals surface area (Å²) in [6, 6.07) is -0.563. The van der Waals surface area contributed by atoms with Crippen molar-refractivity contribution in [2.45, 2.75) is 31.8 Å². The second-order valence-electron chi connectivity index (χ2n) is 3.32. The lowest BCUT2D eigenvalue weighted by molar-refractivity contribution is -0.141. The number of aliphatic hydroxyl groups is 1. The van der Waals surface area contributed by atoms with Crippen LogP contribution >= 0.6 is 0 Å². The topological polar surface area (TPSA) is 87.5 Å². The molecule has 1 saturated heterocycles. The molecule has 2 unspecified atom stereocenters. The highest BCUT2D eigenvalue weighted by Gasteiger charge is 2.36. The molecule has 0 amide bonds. The van der Waals surface area contributed by atoms with E-state index in [-0.39, 0.29) is 12.7 Å². The molecule has 0 aromatic carbocycles. The van der Waals surface area contributed by atoms with Crippen molar-refractivity contribution in [3.63, 3.8) is 0 Å². The number of rotatable bonds is 3. The average molecular weight is 187 g/mol. The summed E-state index contributed by atoms with van der Waals surface area (Å²) >= 11 is 0. The summed E-state index contributed by atoms with van der Waals surface area (Å²) in [5, 5.41) is 12.3. The van der Waals surface area contributed by atoms with Gasteiger partial charge in [0.1, 0.15) is 0 Å². The molecule has 0 radical (unpaired) electrons. The van der Waals surface area contributed by atoms with Crippen LogP contribution < -0.4 is 0 Å². The summed E-state index contributed by atoms with van der Waals surface area (Å²) < 4.78 is 10.7. The molecule has 1 heterocycles. The van der Waals surface area contributed by atoms with Gasteiger partial charge in [0.2, 0.25) is 0 Å².